The Morgan fingerprint density at radius 1 is 0.833 bits per heavy atom. The van der Waals surface area contributed by atoms with Crippen LogP contribution < -0.4 is 60.9 Å². The molecular weight excluding hydrogens is 407 g/mol. The second kappa shape index (κ2) is 12.7. The quantitative estimate of drug-likeness (QED) is 0.555. The summed E-state index contributed by atoms with van der Waals surface area (Å²) in [6.07, 6.45) is 0. The predicted molar refractivity (Wildman–Crippen MR) is 112 cm³/mol. The molecule has 3 rings (SSSR count). The van der Waals surface area contributed by atoms with Crippen LogP contribution in [0, 0.1) is 0 Å². The SMILES string of the molecule is C=C(C)c1cc(C(=O)O)c(OCc2ccccc2)cc1OCc1ccccc1.[K+].[OH-]. The fourth-order valence-corrected chi connectivity index (χ4v) is 2.77. The van der Waals surface area contributed by atoms with Gasteiger partial charge in [0.25, 0.3) is 0 Å². The molecule has 0 atom stereocenters. The van der Waals surface area contributed by atoms with Crippen LogP contribution in [0.5, 0.6) is 11.5 Å². The maximum absolute atomic E-state index is 11.7. The number of allylic oxidation sites excluding steroid dienone is 1. The van der Waals surface area contributed by atoms with E-state index in [0.717, 1.165) is 16.7 Å². The maximum Gasteiger partial charge on any atom is 1.00 e. The third kappa shape index (κ3) is 7.09. The molecule has 0 radical (unpaired) electrons. The Bertz CT molecular complexity index is 895. The minimum atomic E-state index is -1.06. The van der Waals surface area contributed by atoms with Crippen LogP contribution in [0.3, 0.4) is 0 Å². The number of hydrogen-bond donors (Lipinski definition) is 1. The minimum Gasteiger partial charge on any atom is -0.870 e. The number of carboxylic acids is 1. The summed E-state index contributed by atoms with van der Waals surface area (Å²) in [5.74, 6) is -0.242. The Morgan fingerprint density at radius 3 is 1.67 bits per heavy atom. The van der Waals surface area contributed by atoms with E-state index in [1.807, 2.05) is 67.6 Å². The molecule has 0 aliphatic heterocycles. The summed E-state index contributed by atoms with van der Waals surface area (Å²) in [4.78, 5) is 11.7. The van der Waals surface area contributed by atoms with Crippen molar-refractivity contribution >= 4 is 11.5 Å². The summed E-state index contributed by atoms with van der Waals surface area (Å²) in [5.41, 5.74) is 3.43. The van der Waals surface area contributed by atoms with Crippen LogP contribution in [0.4, 0.5) is 0 Å². The van der Waals surface area contributed by atoms with Crippen LogP contribution >= 0.6 is 0 Å². The van der Waals surface area contributed by atoms with Gasteiger partial charge in [-0.25, -0.2) is 4.79 Å². The number of benzene rings is 3. The van der Waals surface area contributed by atoms with Gasteiger partial charge in [-0.05, 0) is 29.7 Å². The molecule has 2 N–H and O–H groups in total. The standard InChI is InChI=1S/C24H22O4.K.H2O/c1-17(2)20-13-21(24(25)26)23(28-16-19-11-7-4-8-12-19)14-22(20)27-15-18-9-5-3-6-10-18;;/h3-14H,1,15-16H2,2H3,(H,25,26);;1H2/q;+1;/p-1. The molecule has 0 amide bonds. The van der Waals surface area contributed by atoms with Gasteiger partial charge in [-0.1, -0.05) is 67.2 Å². The molecule has 6 heteroatoms. The molecule has 0 fully saturated rings. The summed E-state index contributed by atoms with van der Waals surface area (Å²) in [6, 6.07) is 22.6. The van der Waals surface area contributed by atoms with E-state index >= 15 is 0 Å². The molecule has 0 saturated heterocycles. The van der Waals surface area contributed by atoms with E-state index < -0.39 is 5.97 Å². The zero-order valence-corrected chi connectivity index (χ0v) is 20.3. The molecule has 0 aliphatic rings. The largest absolute Gasteiger partial charge is 1.00 e. The van der Waals surface area contributed by atoms with Crippen molar-refractivity contribution < 1.29 is 76.2 Å². The average Bonchev–Trinajstić information content (AvgIpc) is 2.71. The van der Waals surface area contributed by atoms with Crippen molar-refractivity contribution in [2.24, 2.45) is 0 Å². The summed E-state index contributed by atoms with van der Waals surface area (Å²) < 4.78 is 11.8. The normalized spacial score (nSPS) is 9.63. The van der Waals surface area contributed by atoms with E-state index in [2.05, 4.69) is 6.58 Å². The van der Waals surface area contributed by atoms with E-state index in [1.54, 1.807) is 12.1 Å². The van der Waals surface area contributed by atoms with Crippen molar-refractivity contribution in [1.29, 1.82) is 0 Å². The Kier molecular flexibility index (Phi) is 11.0. The van der Waals surface area contributed by atoms with Crippen molar-refractivity contribution in [3.8, 4) is 11.5 Å². The molecule has 0 saturated carbocycles. The van der Waals surface area contributed by atoms with Gasteiger partial charge in [-0.3, -0.25) is 0 Å². The van der Waals surface area contributed by atoms with Crippen LogP contribution in [0.2, 0.25) is 0 Å². The topological polar surface area (TPSA) is 85.8 Å². The first kappa shape index (κ1) is 26.1. The van der Waals surface area contributed by atoms with Crippen molar-refractivity contribution in [3.05, 3.63) is 102 Å². The Morgan fingerprint density at radius 2 is 1.27 bits per heavy atom. The Hall–Kier alpha value is -1.93. The van der Waals surface area contributed by atoms with Gasteiger partial charge >= 0.3 is 57.4 Å². The second-order valence-electron chi connectivity index (χ2n) is 6.48. The van der Waals surface area contributed by atoms with E-state index in [4.69, 9.17) is 9.47 Å². The van der Waals surface area contributed by atoms with E-state index in [9.17, 15) is 9.90 Å². The van der Waals surface area contributed by atoms with Crippen molar-refractivity contribution in [1.82, 2.24) is 0 Å². The van der Waals surface area contributed by atoms with E-state index in [-0.39, 0.29) is 74.8 Å². The summed E-state index contributed by atoms with van der Waals surface area (Å²) >= 11 is 0. The molecule has 0 aromatic heterocycles. The van der Waals surface area contributed by atoms with Gasteiger partial charge < -0.3 is 20.1 Å². The molecule has 3 aromatic rings. The van der Waals surface area contributed by atoms with Crippen LogP contribution in [0.15, 0.2) is 79.4 Å². The number of carboxylic acid groups (broad SMARTS) is 1. The summed E-state index contributed by atoms with van der Waals surface area (Å²) in [7, 11) is 0. The van der Waals surface area contributed by atoms with Crippen molar-refractivity contribution in [2.45, 2.75) is 20.1 Å². The number of rotatable bonds is 8. The van der Waals surface area contributed by atoms with Gasteiger partial charge in [-0.2, -0.15) is 0 Å². The first-order chi connectivity index (χ1) is 13.5. The van der Waals surface area contributed by atoms with Crippen LogP contribution in [-0.2, 0) is 13.2 Å². The molecular formula is C24H23KO5. The summed E-state index contributed by atoms with van der Waals surface area (Å²) in [6.45, 7) is 6.41. The van der Waals surface area contributed by atoms with Crippen molar-refractivity contribution in [2.75, 3.05) is 0 Å². The zero-order valence-electron chi connectivity index (χ0n) is 17.2. The average molecular weight is 431 g/mol. The summed E-state index contributed by atoms with van der Waals surface area (Å²) in [5, 5.41) is 9.62. The Labute approximate surface area is 219 Å². The monoisotopic (exact) mass is 430 g/mol. The molecule has 150 valence electrons. The second-order valence-corrected chi connectivity index (χ2v) is 6.48. The maximum atomic E-state index is 11.7. The van der Waals surface area contributed by atoms with Gasteiger partial charge in [0.2, 0.25) is 0 Å². The number of carbonyl (C=O) groups is 1. The predicted octanol–water partition coefficient (Wildman–Crippen LogP) is 2.40. The molecule has 0 heterocycles. The first-order valence-corrected chi connectivity index (χ1v) is 8.95. The van der Waals surface area contributed by atoms with Gasteiger partial charge in [0.15, 0.2) is 0 Å². The molecule has 0 bridgehead atoms. The van der Waals surface area contributed by atoms with E-state index in [1.165, 1.54) is 0 Å². The number of ether oxygens (including phenoxy) is 2. The van der Waals surface area contributed by atoms with Gasteiger partial charge in [0.1, 0.15) is 30.3 Å². The smallest absolute Gasteiger partial charge is 0.870 e. The van der Waals surface area contributed by atoms with Crippen LogP contribution in [0.1, 0.15) is 34.0 Å². The zero-order chi connectivity index (χ0) is 19.9. The van der Waals surface area contributed by atoms with Gasteiger partial charge in [0.05, 0.1) is 0 Å². The minimum absolute atomic E-state index is 0. The molecule has 0 aliphatic carbocycles. The van der Waals surface area contributed by atoms with Crippen LogP contribution in [0.25, 0.3) is 5.57 Å². The number of aromatic carboxylic acids is 1. The Balaban J connectivity index is 0.00000225. The van der Waals surface area contributed by atoms with Crippen LogP contribution in [-0.4, -0.2) is 16.6 Å². The van der Waals surface area contributed by atoms with Gasteiger partial charge in [0, 0.05) is 11.6 Å². The fourth-order valence-electron chi connectivity index (χ4n) is 2.77. The molecule has 30 heavy (non-hydrogen) atoms. The van der Waals surface area contributed by atoms with Gasteiger partial charge in [-0.15, -0.1) is 0 Å². The van der Waals surface area contributed by atoms with Crippen molar-refractivity contribution in [3.63, 3.8) is 0 Å². The number of hydrogen-bond acceptors (Lipinski definition) is 4. The first-order valence-electron chi connectivity index (χ1n) is 8.95. The third-order valence-corrected chi connectivity index (χ3v) is 4.25. The van der Waals surface area contributed by atoms with E-state index in [0.29, 0.717) is 17.9 Å². The molecule has 0 unspecified atom stereocenters. The third-order valence-electron chi connectivity index (χ3n) is 4.25. The fraction of sp³-hybridized carbons (Fsp3) is 0.125. The molecule has 0 spiro atoms. The molecule has 3 aromatic carbocycles. The molecule has 5 nitrogen and oxygen atoms in total.